The highest BCUT2D eigenvalue weighted by Gasteiger charge is 2.32. The predicted octanol–water partition coefficient (Wildman–Crippen LogP) is 2.52. The lowest BCUT2D eigenvalue weighted by molar-refractivity contribution is -0.158. The van der Waals surface area contributed by atoms with Crippen molar-refractivity contribution in [1.82, 2.24) is 0 Å². The molecule has 1 aromatic rings. The summed E-state index contributed by atoms with van der Waals surface area (Å²) in [7, 11) is 0. The highest BCUT2D eigenvalue weighted by molar-refractivity contribution is 5.91. The number of rotatable bonds is 5. The molecule has 0 N–H and O–H groups in total. The number of benzene rings is 1. The molecule has 0 atom stereocenters. The lowest BCUT2D eigenvalue weighted by Crippen LogP contribution is -2.40. The molecule has 0 amide bonds. The molecule has 0 aromatic heterocycles. The summed E-state index contributed by atoms with van der Waals surface area (Å²) in [5.41, 5.74) is -1.50. The first-order valence-corrected chi connectivity index (χ1v) is 5.53. The summed E-state index contributed by atoms with van der Waals surface area (Å²) in [6, 6.07) is 4.21. The Bertz CT molecular complexity index is 454. The number of para-hydroxylation sites is 1. The number of carbonyl (C=O) groups excluding carboxylic acids is 2. The molecular formula is C13H15FO4. The second kappa shape index (κ2) is 5.62. The Morgan fingerprint density at radius 1 is 1.28 bits per heavy atom. The van der Waals surface area contributed by atoms with Crippen LogP contribution in [0.1, 0.15) is 31.1 Å². The lowest BCUT2D eigenvalue weighted by Gasteiger charge is -2.24. The van der Waals surface area contributed by atoms with Crippen LogP contribution in [0.2, 0.25) is 0 Å². The van der Waals surface area contributed by atoms with E-state index in [0.717, 1.165) is 0 Å². The molecule has 0 heterocycles. The van der Waals surface area contributed by atoms with Gasteiger partial charge in [-0.1, -0.05) is 12.1 Å². The van der Waals surface area contributed by atoms with Crippen LogP contribution < -0.4 is 4.74 Å². The molecule has 5 heteroatoms. The molecule has 98 valence electrons. The van der Waals surface area contributed by atoms with Gasteiger partial charge in [-0.3, -0.25) is 4.79 Å². The molecule has 1 aromatic carbocycles. The van der Waals surface area contributed by atoms with Gasteiger partial charge >= 0.3 is 12.0 Å². The first kappa shape index (κ1) is 14.2. The van der Waals surface area contributed by atoms with Crippen LogP contribution in [0.3, 0.4) is 0 Å². The summed E-state index contributed by atoms with van der Waals surface area (Å²) in [4.78, 5) is 22.4. The largest absolute Gasteiger partial charge is 0.475 e. The number of esters is 1. The molecule has 0 fully saturated rings. The third kappa shape index (κ3) is 3.29. The van der Waals surface area contributed by atoms with Crippen LogP contribution in [0.25, 0.3) is 0 Å². The fourth-order valence-corrected chi connectivity index (χ4v) is 1.34. The van der Waals surface area contributed by atoms with Crippen molar-refractivity contribution >= 4 is 12.0 Å². The van der Waals surface area contributed by atoms with Crippen molar-refractivity contribution in [3.8, 4) is 5.75 Å². The highest BCUT2D eigenvalue weighted by Crippen LogP contribution is 2.24. The molecule has 0 aliphatic rings. The zero-order valence-corrected chi connectivity index (χ0v) is 10.5. The smallest absolute Gasteiger partial charge is 0.349 e. The van der Waals surface area contributed by atoms with E-state index in [2.05, 4.69) is 0 Å². The van der Waals surface area contributed by atoms with E-state index in [4.69, 9.17) is 9.47 Å². The van der Waals surface area contributed by atoms with Gasteiger partial charge in [0.15, 0.2) is 5.60 Å². The molecule has 4 nitrogen and oxygen atoms in total. The molecule has 0 aliphatic carbocycles. The molecule has 0 unspecified atom stereocenters. The van der Waals surface area contributed by atoms with Gasteiger partial charge in [0.2, 0.25) is 0 Å². The van der Waals surface area contributed by atoms with E-state index >= 15 is 0 Å². The average Bonchev–Trinajstić information content (AvgIpc) is 2.29. The zero-order valence-electron chi connectivity index (χ0n) is 10.5. The maximum atomic E-state index is 12.8. The van der Waals surface area contributed by atoms with Crippen LogP contribution in [-0.4, -0.2) is 24.2 Å². The predicted molar refractivity (Wildman–Crippen MR) is 63.2 cm³/mol. The summed E-state index contributed by atoms with van der Waals surface area (Å²) in [5, 5.41) is 0. The minimum absolute atomic E-state index is 0.0167. The Balaban J connectivity index is 2.97. The molecular weight excluding hydrogens is 239 g/mol. The Labute approximate surface area is 105 Å². The van der Waals surface area contributed by atoms with E-state index in [1.54, 1.807) is 13.0 Å². The fraction of sp³-hybridized carbons (Fsp3) is 0.385. The topological polar surface area (TPSA) is 52.6 Å². The van der Waals surface area contributed by atoms with Crippen LogP contribution in [0.15, 0.2) is 24.3 Å². The Hall–Kier alpha value is -1.91. The standard InChI is InChI=1S/C13H15FO4/c1-4-17-12(16)13(2,3)18-10-8-6-5-7-9(10)11(14)15/h5-8H,4H2,1-3H3. The second-order valence-corrected chi connectivity index (χ2v) is 4.10. The summed E-state index contributed by atoms with van der Waals surface area (Å²) in [6.07, 6.45) is 0. The van der Waals surface area contributed by atoms with Gasteiger partial charge in [-0.05, 0) is 32.9 Å². The van der Waals surface area contributed by atoms with E-state index in [1.807, 2.05) is 0 Å². The minimum Gasteiger partial charge on any atom is -0.475 e. The summed E-state index contributed by atoms with van der Waals surface area (Å²) >= 11 is 0. The van der Waals surface area contributed by atoms with Gasteiger partial charge in [-0.15, -0.1) is 0 Å². The summed E-state index contributed by atoms with van der Waals surface area (Å²) < 4.78 is 23.0. The SMILES string of the molecule is CCOC(=O)C(C)(C)Oc1ccccc1C(=O)F. The third-order valence-corrected chi connectivity index (χ3v) is 2.23. The van der Waals surface area contributed by atoms with Gasteiger partial charge in [0, 0.05) is 0 Å². The van der Waals surface area contributed by atoms with Gasteiger partial charge in [-0.2, -0.15) is 4.39 Å². The van der Waals surface area contributed by atoms with Crippen LogP contribution in [0.4, 0.5) is 4.39 Å². The van der Waals surface area contributed by atoms with Crippen LogP contribution in [0.5, 0.6) is 5.75 Å². The third-order valence-electron chi connectivity index (χ3n) is 2.23. The molecule has 0 saturated carbocycles. The van der Waals surface area contributed by atoms with Crippen molar-refractivity contribution in [2.24, 2.45) is 0 Å². The molecule has 1 rings (SSSR count). The van der Waals surface area contributed by atoms with E-state index in [9.17, 15) is 14.0 Å². The molecule has 0 saturated heterocycles. The number of ether oxygens (including phenoxy) is 2. The molecule has 0 aliphatic heterocycles. The number of hydrogen-bond donors (Lipinski definition) is 0. The number of carbonyl (C=O) groups is 2. The summed E-state index contributed by atoms with van der Waals surface area (Å²) in [6.45, 7) is 4.87. The van der Waals surface area contributed by atoms with E-state index in [0.29, 0.717) is 0 Å². The Kier molecular flexibility index (Phi) is 4.42. The normalized spacial score (nSPS) is 10.9. The van der Waals surface area contributed by atoms with Crippen molar-refractivity contribution in [3.63, 3.8) is 0 Å². The van der Waals surface area contributed by atoms with Crippen molar-refractivity contribution in [1.29, 1.82) is 0 Å². The average molecular weight is 254 g/mol. The van der Waals surface area contributed by atoms with E-state index in [1.165, 1.54) is 32.0 Å². The first-order valence-electron chi connectivity index (χ1n) is 5.53. The van der Waals surface area contributed by atoms with Gasteiger partial charge in [0.25, 0.3) is 0 Å². The monoisotopic (exact) mass is 254 g/mol. The van der Waals surface area contributed by atoms with E-state index in [-0.39, 0.29) is 17.9 Å². The van der Waals surface area contributed by atoms with Crippen LogP contribution in [-0.2, 0) is 9.53 Å². The quantitative estimate of drug-likeness (QED) is 0.598. The second-order valence-electron chi connectivity index (χ2n) is 4.10. The molecule has 0 bridgehead atoms. The Morgan fingerprint density at radius 2 is 1.89 bits per heavy atom. The molecule has 0 radical (unpaired) electrons. The molecule has 0 spiro atoms. The van der Waals surface area contributed by atoms with Gasteiger partial charge < -0.3 is 9.47 Å². The molecule has 18 heavy (non-hydrogen) atoms. The highest BCUT2D eigenvalue weighted by atomic mass is 19.1. The van der Waals surface area contributed by atoms with Crippen molar-refractivity contribution < 1.29 is 23.5 Å². The van der Waals surface area contributed by atoms with Crippen molar-refractivity contribution in [3.05, 3.63) is 29.8 Å². The van der Waals surface area contributed by atoms with Crippen LogP contribution >= 0.6 is 0 Å². The lowest BCUT2D eigenvalue weighted by atomic mass is 10.1. The fourth-order valence-electron chi connectivity index (χ4n) is 1.34. The van der Waals surface area contributed by atoms with Crippen LogP contribution in [0, 0.1) is 0 Å². The van der Waals surface area contributed by atoms with Crippen molar-refractivity contribution in [2.75, 3.05) is 6.61 Å². The zero-order chi connectivity index (χ0) is 13.8. The van der Waals surface area contributed by atoms with Gasteiger partial charge in [0.05, 0.1) is 12.2 Å². The first-order chi connectivity index (χ1) is 8.38. The minimum atomic E-state index is -1.61. The van der Waals surface area contributed by atoms with Crippen molar-refractivity contribution in [2.45, 2.75) is 26.4 Å². The Morgan fingerprint density at radius 3 is 2.44 bits per heavy atom. The maximum Gasteiger partial charge on any atom is 0.349 e. The summed E-state index contributed by atoms with van der Waals surface area (Å²) in [5.74, 6) is -0.561. The maximum absolute atomic E-state index is 12.8. The van der Waals surface area contributed by atoms with Gasteiger partial charge in [-0.25, -0.2) is 4.79 Å². The number of halogens is 1. The number of hydrogen-bond acceptors (Lipinski definition) is 4. The van der Waals surface area contributed by atoms with E-state index < -0.39 is 17.6 Å². The van der Waals surface area contributed by atoms with Gasteiger partial charge in [0.1, 0.15) is 5.75 Å².